The van der Waals surface area contributed by atoms with Crippen LogP contribution in [0.1, 0.15) is 22.4 Å². The van der Waals surface area contributed by atoms with Gasteiger partial charge in [-0.05, 0) is 25.1 Å². The summed E-state index contributed by atoms with van der Waals surface area (Å²) in [6.07, 6.45) is -1.11. The fraction of sp³-hybridized carbons (Fsp3) is 0.190. The molecule has 150 valence electrons. The molecule has 3 rings (SSSR count). The number of esters is 1. The third-order valence-corrected chi connectivity index (χ3v) is 5.12. The first kappa shape index (κ1) is 20.8. The molecule has 0 radical (unpaired) electrons. The molecule has 29 heavy (non-hydrogen) atoms. The van der Waals surface area contributed by atoms with Crippen molar-refractivity contribution in [2.75, 3.05) is 12.4 Å². The van der Waals surface area contributed by atoms with Crippen LogP contribution in [0, 0.1) is 6.92 Å². The zero-order valence-electron chi connectivity index (χ0n) is 15.8. The number of amides is 1. The van der Waals surface area contributed by atoms with Gasteiger partial charge in [0.05, 0.1) is 29.3 Å². The Morgan fingerprint density at radius 2 is 1.97 bits per heavy atom. The Hall–Kier alpha value is -2.90. The second kappa shape index (κ2) is 9.54. The van der Waals surface area contributed by atoms with Gasteiger partial charge in [-0.2, -0.15) is 0 Å². The molecule has 1 heterocycles. The summed E-state index contributed by atoms with van der Waals surface area (Å²) >= 11 is 7.57. The van der Waals surface area contributed by atoms with Gasteiger partial charge in [-0.15, -0.1) is 11.3 Å². The number of aryl methyl sites for hydroxylation is 1. The number of rotatable bonds is 7. The monoisotopic (exact) mass is 430 g/mol. The van der Waals surface area contributed by atoms with E-state index in [1.54, 1.807) is 47.8 Å². The summed E-state index contributed by atoms with van der Waals surface area (Å²) < 4.78 is 10.6. The highest BCUT2D eigenvalue weighted by atomic mass is 35.5. The lowest BCUT2D eigenvalue weighted by atomic mass is 10.1. The van der Waals surface area contributed by atoms with Crippen LogP contribution >= 0.6 is 22.9 Å². The number of ether oxygens (including phenoxy) is 2. The number of carbonyl (C=O) groups excluding carboxylic acids is 2. The van der Waals surface area contributed by atoms with Crippen molar-refractivity contribution in [3.8, 4) is 5.75 Å². The van der Waals surface area contributed by atoms with Crippen molar-refractivity contribution in [3.63, 3.8) is 0 Å². The van der Waals surface area contributed by atoms with Crippen molar-refractivity contribution >= 4 is 40.5 Å². The van der Waals surface area contributed by atoms with E-state index < -0.39 is 18.0 Å². The minimum atomic E-state index is -1.11. The van der Waals surface area contributed by atoms with E-state index in [1.165, 1.54) is 18.4 Å². The summed E-state index contributed by atoms with van der Waals surface area (Å²) in [7, 11) is 1.51. The predicted molar refractivity (Wildman–Crippen MR) is 112 cm³/mol. The van der Waals surface area contributed by atoms with Gasteiger partial charge in [-0.1, -0.05) is 41.9 Å². The largest absolute Gasteiger partial charge is 0.495 e. The third-order valence-electron chi connectivity index (χ3n) is 4.00. The van der Waals surface area contributed by atoms with Gasteiger partial charge in [0.25, 0.3) is 5.91 Å². The summed E-state index contributed by atoms with van der Waals surface area (Å²) in [5, 5.41) is 5.76. The number of hydrogen-bond donors (Lipinski definition) is 1. The smallest absolute Gasteiger partial charge is 0.313 e. The van der Waals surface area contributed by atoms with Crippen LogP contribution in [0.5, 0.6) is 5.75 Å². The number of thiazole rings is 1. The van der Waals surface area contributed by atoms with E-state index in [4.69, 9.17) is 21.1 Å². The van der Waals surface area contributed by atoms with E-state index in [2.05, 4.69) is 10.3 Å². The zero-order chi connectivity index (χ0) is 20.8. The van der Waals surface area contributed by atoms with E-state index in [0.717, 1.165) is 5.01 Å². The van der Waals surface area contributed by atoms with Crippen LogP contribution < -0.4 is 10.1 Å². The van der Waals surface area contributed by atoms with E-state index in [9.17, 15) is 9.59 Å². The van der Waals surface area contributed by atoms with Crippen LogP contribution in [-0.4, -0.2) is 24.0 Å². The highest BCUT2D eigenvalue weighted by Crippen LogP contribution is 2.28. The van der Waals surface area contributed by atoms with Crippen LogP contribution in [0.2, 0.25) is 5.02 Å². The van der Waals surface area contributed by atoms with Crippen molar-refractivity contribution < 1.29 is 19.1 Å². The summed E-state index contributed by atoms with van der Waals surface area (Å²) in [6.45, 7) is 1.86. The molecule has 0 fully saturated rings. The van der Waals surface area contributed by atoms with Gasteiger partial charge >= 0.3 is 5.97 Å². The van der Waals surface area contributed by atoms with Gasteiger partial charge in [0.1, 0.15) is 5.75 Å². The number of benzene rings is 2. The van der Waals surface area contributed by atoms with Gasteiger partial charge < -0.3 is 14.8 Å². The Bertz CT molecular complexity index is 1010. The maximum atomic E-state index is 12.9. The Kier molecular flexibility index (Phi) is 6.85. The average molecular weight is 431 g/mol. The minimum Gasteiger partial charge on any atom is -0.495 e. The first-order valence-corrected chi connectivity index (χ1v) is 10.0. The number of hydrogen-bond acceptors (Lipinski definition) is 6. The molecule has 1 N–H and O–H groups in total. The number of carbonyl (C=O) groups is 2. The average Bonchev–Trinajstić information content (AvgIpc) is 3.11. The first-order valence-electron chi connectivity index (χ1n) is 8.76. The van der Waals surface area contributed by atoms with Gasteiger partial charge in [0, 0.05) is 16.6 Å². The standard InChI is InChI=1S/C21H19ClN2O4S/c1-13-23-16(12-29-13)11-19(25)28-20(14-6-4-3-5-7-14)21(26)24-15-8-9-18(27-2)17(22)10-15/h3-10,12,20H,11H2,1-2H3,(H,24,26). The lowest BCUT2D eigenvalue weighted by molar-refractivity contribution is -0.154. The Morgan fingerprint density at radius 3 is 2.59 bits per heavy atom. The molecule has 0 aliphatic heterocycles. The molecule has 1 atom stereocenters. The summed E-state index contributed by atoms with van der Waals surface area (Å²) in [6, 6.07) is 13.7. The van der Waals surface area contributed by atoms with E-state index in [1.807, 2.05) is 13.0 Å². The summed E-state index contributed by atoms with van der Waals surface area (Å²) in [5.74, 6) is -0.526. The van der Waals surface area contributed by atoms with Gasteiger partial charge in [-0.25, -0.2) is 4.98 Å². The molecular weight excluding hydrogens is 412 g/mol. The van der Waals surface area contributed by atoms with Crippen molar-refractivity contribution in [2.45, 2.75) is 19.4 Å². The van der Waals surface area contributed by atoms with Crippen molar-refractivity contribution in [2.24, 2.45) is 0 Å². The maximum Gasteiger partial charge on any atom is 0.313 e. The minimum absolute atomic E-state index is 0.00465. The molecule has 1 unspecified atom stereocenters. The second-order valence-corrected chi connectivity index (χ2v) is 7.62. The van der Waals surface area contributed by atoms with Crippen molar-refractivity contribution in [1.29, 1.82) is 0 Å². The number of nitrogens with one attached hydrogen (secondary N) is 1. The molecule has 3 aromatic rings. The van der Waals surface area contributed by atoms with Gasteiger partial charge in [0.15, 0.2) is 0 Å². The maximum absolute atomic E-state index is 12.9. The quantitative estimate of drug-likeness (QED) is 0.555. The topological polar surface area (TPSA) is 77.5 Å². The van der Waals surface area contributed by atoms with Crippen LogP contribution in [0.4, 0.5) is 5.69 Å². The van der Waals surface area contributed by atoms with E-state index in [0.29, 0.717) is 27.7 Å². The first-order chi connectivity index (χ1) is 14.0. The number of halogens is 1. The predicted octanol–water partition coefficient (Wildman–Crippen LogP) is 4.58. The molecule has 0 saturated carbocycles. The van der Waals surface area contributed by atoms with Crippen LogP contribution in [0.15, 0.2) is 53.9 Å². The normalized spacial score (nSPS) is 11.6. The Labute approximate surface area is 177 Å². The molecule has 0 aliphatic rings. The Morgan fingerprint density at radius 1 is 1.21 bits per heavy atom. The van der Waals surface area contributed by atoms with Gasteiger partial charge in [-0.3, -0.25) is 9.59 Å². The van der Waals surface area contributed by atoms with E-state index >= 15 is 0 Å². The molecule has 1 amide bonds. The summed E-state index contributed by atoms with van der Waals surface area (Å²) in [5.41, 5.74) is 1.65. The lowest BCUT2D eigenvalue weighted by Crippen LogP contribution is -2.26. The summed E-state index contributed by atoms with van der Waals surface area (Å²) in [4.78, 5) is 29.6. The molecule has 0 aliphatic carbocycles. The van der Waals surface area contributed by atoms with Crippen LogP contribution in [-0.2, 0) is 20.7 Å². The van der Waals surface area contributed by atoms with Crippen LogP contribution in [0.3, 0.4) is 0 Å². The number of aromatic nitrogens is 1. The molecule has 0 bridgehead atoms. The highest BCUT2D eigenvalue weighted by Gasteiger charge is 2.25. The van der Waals surface area contributed by atoms with Crippen LogP contribution in [0.25, 0.3) is 0 Å². The molecular formula is C21H19ClN2O4S. The molecule has 2 aromatic carbocycles. The number of methoxy groups -OCH3 is 1. The second-order valence-electron chi connectivity index (χ2n) is 6.15. The fourth-order valence-corrected chi connectivity index (χ4v) is 3.53. The lowest BCUT2D eigenvalue weighted by Gasteiger charge is -2.18. The third kappa shape index (κ3) is 5.56. The molecule has 6 nitrogen and oxygen atoms in total. The highest BCUT2D eigenvalue weighted by molar-refractivity contribution is 7.09. The molecule has 0 saturated heterocycles. The van der Waals surface area contributed by atoms with E-state index in [-0.39, 0.29) is 6.42 Å². The number of anilines is 1. The van der Waals surface area contributed by atoms with Gasteiger partial charge in [0.2, 0.25) is 6.10 Å². The van der Waals surface area contributed by atoms with Crippen molar-refractivity contribution in [3.05, 3.63) is 75.2 Å². The molecule has 8 heteroatoms. The Balaban J connectivity index is 1.77. The molecule has 0 spiro atoms. The number of nitrogens with zero attached hydrogens (tertiary/aromatic N) is 1. The van der Waals surface area contributed by atoms with Crippen molar-refractivity contribution in [1.82, 2.24) is 4.98 Å². The zero-order valence-corrected chi connectivity index (χ0v) is 17.4. The fourth-order valence-electron chi connectivity index (χ4n) is 2.66. The molecule has 1 aromatic heterocycles. The SMILES string of the molecule is COc1ccc(NC(=O)C(OC(=O)Cc2csc(C)n2)c2ccccc2)cc1Cl.